The van der Waals surface area contributed by atoms with Gasteiger partial charge in [-0.05, 0) is 19.1 Å². The minimum Gasteiger partial charge on any atom is -0.383 e. The van der Waals surface area contributed by atoms with Crippen molar-refractivity contribution < 1.29 is 0 Å². The largest absolute Gasteiger partial charge is 0.383 e. The lowest BCUT2D eigenvalue weighted by Gasteiger charge is -1.99. The number of aromatic nitrogens is 6. The number of benzene rings is 1. The molecule has 0 saturated carbocycles. The molecule has 7 heteroatoms. The van der Waals surface area contributed by atoms with Crippen molar-refractivity contribution in [3.05, 3.63) is 30.4 Å². The number of hydrogen-bond donors (Lipinski definition) is 3. The summed E-state index contributed by atoms with van der Waals surface area (Å²) < 4.78 is 0. The maximum atomic E-state index is 5.92. The van der Waals surface area contributed by atoms with Gasteiger partial charge in [-0.25, -0.2) is 15.0 Å². The van der Waals surface area contributed by atoms with Gasteiger partial charge in [-0.2, -0.15) is 5.10 Å². The molecule has 0 atom stereocenters. The number of nitrogens with zero attached hydrogens (tertiary/aromatic N) is 4. The summed E-state index contributed by atoms with van der Waals surface area (Å²) in [5.74, 6) is 1.30. The number of nitrogens with one attached hydrogen (secondary N) is 2. The van der Waals surface area contributed by atoms with Crippen LogP contribution in [-0.2, 0) is 0 Å². The summed E-state index contributed by atoms with van der Waals surface area (Å²) in [6.45, 7) is 1.93. The molecule has 0 fully saturated rings. The van der Waals surface area contributed by atoms with Crippen LogP contribution in [0.15, 0.2) is 24.5 Å². The molecule has 0 spiro atoms. The summed E-state index contributed by atoms with van der Waals surface area (Å²) >= 11 is 0. The van der Waals surface area contributed by atoms with Crippen molar-refractivity contribution in [3.63, 3.8) is 0 Å². The van der Waals surface area contributed by atoms with Gasteiger partial charge in [0, 0.05) is 5.56 Å². The second-order valence-electron chi connectivity index (χ2n) is 4.61. The van der Waals surface area contributed by atoms with Gasteiger partial charge in [-0.3, -0.25) is 5.10 Å². The number of hydrogen-bond acceptors (Lipinski definition) is 5. The van der Waals surface area contributed by atoms with Gasteiger partial charge in [0.25, 0.3) is 0 Å². The SMILES string of the molecule is Cc1nc2cc(-c3n[nH]c4ncnc(N)c34)ccc2[nH]1. The maximum absolute atomic E-state index is 5.92. The van der Waals surface area contributed by atoms with E-state index in [0.29, 0.717) is 11.5 Å². The van der Waals surface area contributed by atoms with Gasteiger partial charge in [0.1, 0.15) is 23.7 Å². The zero-order valence-electron chi connectivity index (χ0n) is 10.7. The van der Waals surface area contributed by atoms with E-state index in [-0.39, 0.29) is 0 Å². The first kappa shape index (κ1) is 10.9. The Morgan fingerprint density at radius 3 is 3.00 bits per heavy atom. The summed E-state index contributed by atoms with van der Waals surface area (Å²) in [5, 5.41) is 7.90. The van der Waals surface area contributed by atoms with Crippen molar-refractivity contribution in [1.82, 2.24) is 30.1 Å². The maximum Gasteiger partial charge on any atom is 0.161 e. The van der Waals surface area contributed by atoms with Crippen molar-refractivity contribution in [3.8, 4) is 11.3 Å². The van der Waals surface area contributed by atoms with E-state index in [4.69, 9.17) is 5.73 Å². The van der Waals surface area contributed by atoms with E-state index in [1.54, 1.807) is 0 Å². The number of nitrogens with two attached hydrogens (primary N) is 1. The molecule has 4 aromatic rings. The predicted molar refractivity (Wildman–Crippen MR) is 75.9 cm³/mol. The lowest BCUT2D eigenvalue weighted by Crippen LogP contribution is -1.92. The van der Waals surface area contributed by atoms with E-state index in [1.165, 1.54) is 6.33 Å². The Morgan fingerprint density at radius 2 is 2.10 bits per heavy atom. The number of anilines is 1. The van der Waals surface area contributed by atoms with Crippen LogP contribution in [0.1, 0.15) is 5.82 Å². The van der Waals surface area contributed by atoms with E-state index in [1.807, 2.05) is 25.1 Å². The van der Waals surface area contributed by atoms with E-state index >= 15 is 0 Å². The Hall–Kier alpha value is -2.96. The first-order valence-corrected chi connectivity index (χ1v) is 6.13. The topological polar surface area (TPSA) is 109 Å². The van der Waals surface area contributed by atoms with Crippen molar-refractivity contribution in [2.45, 2.75) is 6.92 Å². The van der Waals surface area contributed by atoms with Gasteiger partial charge in [0.15, 0.2) is 5.65 Å². The summed E-state index contributed by atoms with van der Waals surface area (Å²) in [4.78, 5) is 15.8. The average molecular weight is 265 g/mol. The zero-order valence-corrected chi connectivity index (χ0v) is 10.7. The minimum atomic E-state index is 0.414. The molecule has 0 bridgehead atoms. The molecule has 0 aliphatic carbocycles. The van der Waals surface area contributed by atoms with Crippen LogP contribution in [0.25, 0.3) is 33.3 Å². The van der Waals surface area contributed by atoms with E-state index in [0.717, 1.165) is 33.5 Å². The summed E-state index contributed by atoms with van der Waals surface area (Å²) in [5.41, 5.74) is 10.1. The van der Waals surface area contributed by atoms with Crippen LogP contribution in [-0.4, -0.2) is 30.1 Å². The highest BCUT2D eigenvalue weighted by atomic mass is 15.2. The Morgan fingerprint density at radius 1 is 1.20 bits per heavy atom. The molecule has 7 nitrogen and oxygen atoms in total. The lowest BCUT2D eigenvalue weighted by atomic mass is 10.1. The molecule has 3 heterocycles. The number of nitrogen functional groups attached to an aromatic ring is 1. The number of fused-ring (bicyclic) bond motifs is 2. The first-order chi connectivity index (χ1) is 9.72. The number of H-pyrrole nitrogens is 2. The van der Waals surface area contributed by atoms with Crippen molar-refractivity contribution in [1.29, 1.82) is 0 Å². The third-order valence-electron chi connectivity index (χ3n) is 3.26. The number of aryl methyl sites for hydroxylation is 1. The van der Waals surface area contributed by atoms with Crippen molar-refractivity contribution in [2.24, 2.45) is 0 Å². The van der Waals surface area contributed by atoms with Crippen LogP contribution in [0.3, 0.4) is 0 Å². The minimum absolute atomic E-state index is 0.414. The van der Waals surface area contributed by atoms with Crippen LogP contribution in [0.4, 0.5) is 5.82 Å². The van der Waals surface area contributed by atoms with Gasteiger partial charge in [0.05, 0.1) is 16.4 Å². The first-order valence-electron chi connectivity index (χ1n) is 6.13. The van der Waals surface area contributed by atoms with E-state index < -0.39 is 0 Å². The average Bonchev–Trinajstić information content (AvgIpc) is 3.00. The van der Waals surface area contributed by atoms with E-state index in [9.17, 15) is 0 Å². The van der Waals surface area contributed by atoms with E-state index in [2.05, 4.69) is 30.1 Å². The molecule has 4 rings (SSSR count). The quantitative estimate of drug-likeness (QED) is 0.486. The molecule has 98 valence electrons. The highest BCUT2D eigenvalue weighted by Crippen LogP contribution is 2.29. The molecule has 0 unspecified atom stereocenters. The Bertz CT molecular complexity index is 934. The Kier molecular flexibility index (Phi) is 2.06. The molecule has 4 N–H and O–H groups in total. The predicted octanol–water partition coefficient (Wildman–Crippen LogP) is 1.79. The molecular formula is C13H11N7. The lowest BCUT2D eigenvalue weighted by molar-refractivity contribution is 1.09. The standard InChI is InChI=1S/C13H11N7/c1-6-17-8-3-2-7(4-9(8)18-6)11-10-12(14)15-5-16-13(10)20-19-11/h2-5H,1H3,(H,17,18)(H3,14,15,16,19,20). The van der Waals surface area contributed by atoms with Crippen molar-refractivity contribution in [2.75, 3.05) is 5.73 Å². The Labute approximate surface area is 113 Å². The number of aromatic amines is 2. The van der Waals surface area contributed by atoms with Gasteiger partial charge in [0.2, 0.25) is 0 Å². The molecule has 0 saturated heterocycles. The number of imidazole rings is 1. The monoisotopic (exact) mass is 265 g/mol. The highest BCUT2D eigenvalue weighted by molar-refractivity contribution is 5.99. The summed E-state index contributed by atoms with van der Waals surface area (Å²) in [7, 11) is 0. The second-order valence-corrected chi connectivity index (χ2v) is 4.61. The summed E-state index contributed by atoms with van der Waals surface area (Å²) in [6, 6.07) is 5.92. The fraction of sp³-hybridized carbons (Fsp3) is 0.0769. The molecule has 0 amide bonds. The fourth-order valence-electron chi connectivity index (χ4n) is 2.37. The van der Waals surface area contributed by atoms with Gasteiger partial charge in [-0.1, -0.05) is 6.07 Å². The molecule has 0 aliphatic heterocycles. The molecule has 0 aliphatic rings. The molecule has 20 heavy (non-hydrogen) atoms. The highest BCUT2D eigenvalue weighted by Gasteiger charge is 2.13. The smallest absolute Gasteiger partial charge is 0.161 e. The fourth-order valence-corrected chi connectivity index (χ4v) is 2.37. The van der Waals surface area contributed by atoms with Crippen LogP contribution in [0.5, 0.6) is 0 Å². The third kappa shape index (κ3) is 1.46. The zero-order chi connectivity index (χ0) is 13.7. The van der Waals surface area contributed by atoms with Gasteiger partial charge in [-0.15, -0.1) is 0 Å². The van der Waals surface area contributed by atoms with Crippen LogP contribution in [0.2, 0.25) is 0 Å². The number of rotatable bonds is 1. The molecule has 1 aromatic carbocycles. The Balaban J connectivity index is 2.00. The van der Waals surface area contributed by atoms with Crippen molar-refractivity contribution >= 4 is 27.9 Å². The summed E-state index contributed by atoms with van der Waals surface area (Å²) in [6.07, 6.45) is 1.42. The van der Waals surface area contributed by atoms with Gasteiger partial charge < -0.3 is 10.7 Å². The van der Waals surface area contributed by atoms with Crippen LogP contribution in [0, 0.1) is 6.92 Å². The third-order valence-corrected chi connectivity index (χ3v) is 3.26. The molecule has 3 aromatic heterocycles. The van der Waals surface area contributed by atoms with Crippen LogP contribution < -0.4 is 5.73 Å². The normalized spacial score (nSPS) is 11.4. The van der Waals surface area contributed by atoms with Gasteiger partial charge >= 0.3 is 0 Å². The van der Waals surface area contributed by atoms with Crippen LogP contribution >= 0.6 is 0 Å². The second kappa shape index (κ2) is 3.77. The molecule has 0 radical (unpaired) electrons. The molecular weight excluding hydrogens is 254 g/mol.